The number of nitrogens with one attached hydrogen (secondary N) is 1. The van der Waals surface area contributed by atoms with Gasteiger partial charge in [0.25, 0.3) is 0 Å². The van der Waals surface area contributed by atoms with Gasteiger partial charge in [-0.15, -0.1) is 11.3 Å². The van der Waals surface area contributed by atoms with Gasteiger partial charge in [0.1, 0.15) is 16.3 Å². The van der Waals surface area contributed by atoms with E-state index in [1.807, 2.05) is 0 Å². The van der Waals surface area contributed by atoms with Crippen molar-refractivity contribution in [2.75, 3.05) is 44.3 Å². The van der Waals surface area contributed by atoms with Gasteiger partial charge in [-0.25, -0.2) is 9.97 Å². The Labute approximate surface area is 204 Å². The highest BCUT2D eigenvalue weighted by molar-refractivity contribution is 7.18. The standard InChI is InChI=1S/C25H26F3N5OS/c26-25(27,28)21-14-18-17(5-4-6-20(18)29-21)22-30-23(33-9-11-34-12-10-33)19-13-16(35-24(19)31-22)15-32-7-2-1-3-8-32/h4-6,13-14,29H,1-3,7-12,15H2. The molecule has 184 valence electrons. The lowest BCUT2D eigenvalue weighted by Crippen LogP contribution is -2.37. The third-order valence-corrected chi connectivity index (χ3v) is 7.79. The molecule has 0 atom stereocenters. The Morgan fingerprint density at radius 1 is 0.971 bits per heavy atom. The number of anilines is 1. The molecule has 5 heterocycles. The van der Waals surface area contributed by atoms with E-state index in [1.54, 1.807) is 29.5 Å². The predicted molar refractivity (Wildman–Crippen MR) is 132 cm³/mol. The third kappa shape index (κ3) is 4.50. The maximum atomic E-state index is 13.4. The molecule has 2 saturated heterocycles. The normalized spacial score (nSPS) is 18.1. The van der Waals surface area contributed by atoms with E-state index in [9.17, 15) is 13.2 Å². The fourth-order valence-corrected chi connectivity index (χ4v) is 6.08. The molecular formula is C25H26F3N5OS. The van der Waals surface area contributed by atoms with Crippen LogP contribution in [0.3, 0.4) is 0 Å². The molecule has 3 aromatic heterocycles. The van der Waals surface area contributed by atoms with E-state index >= 15 is 0 Å². The van der Waals surface area contributed by atoms with Crippen molar-refractivity contribution in [3.8, 4) is 11.4 Å². The van der Waals surface area contributed by atoms with Gasteiger partial charge in [-0.1, -0.05) is 18.6 Å². The van der Waals surface area contributed by atoms with E-state index in [2.05, 4.69) is 20.9 Å². The Morgan fingerprint density at radius 3 is 2.54 bits per heavy atom. The van der Waals surface area contributed by atoms with Crippen LogP contribution in [0, 0.1) is 0 Å². The minimum Gasteiger partial charge on any atom is -0.378 e. The fourth-order valence-electron chi connectivity index (χ4n) is 5.01. The monoisotopic (exact) mass is 501 g/mol. The molecule has 0 amide bonds. The predicted octanol–water partition coefficient (Wildman–Crippen LogP) is 5.68. The first-order chi connectivity index (χ1) is 17.0. The first kappa shape index (κ1) is 22.8. The van der Waals surface area contributed by atoms with Crippen LogP contribution in [0.4, 0.5) is 19.0 Å². The van der Waals surface area contributed by atoms with Gasteiger partial charge in [-0.05, 0) is 44.1 Å². The van der Waals surface area contributed by atoms with Crippen molar-refractivity contribution in [3.05, 3.63) is 40.9 Å². The molecule has 1 aromatic carbocycles. The van der Waals surface area contributed by atoms with Crippen LogP contribution >= 0.6 is 11.3 Å². The molecule has 10 heteroatoms. The number of piperidine rings is 1. The van der Waals surface area contributed by atoms with Crippen LogP contribution in [0.1, 0.15) is 29.8 Å². The number of likely N-dealkylation sites (tertiary alicyclic amines) is 1. The van der Waals surface area contributed by atoms with E-state index in [1.165, 1.54) is 24.1 Å². The molecule has 0 radical (unpaired) electrons. The Bertz CT molecular complexity index is 1350. The van der Waals surface area contributed by atoms with Gasteiger partial charge < -0.3 is 14.6 Å². The van der Waals surface area contributed by atoms with Crippen LogP contribution in [0.2, 0.25) is 0 Å². The maximum Gasteiger partial charge on any atom is 0.431 e. The van der Waals surface area contributed by atoms with Crippen molar-refractivity contribution in [2.24, 2.45) is 0 Å². The zero-order valence-electron chi connectivity index (χ0n) is 19.2. The summed E-state index contributed by atoms with van der Waals surface area (Å²) < 4.78 is 45.7. The molecule has 6 rings (SSSR count). The molecule has 0 unspecified atom stereocenters. The van der Waals surface area contributed by atoms with E-state index in [4.69, 9.17) is 14.7 Å². The molecule has 2 aliphatic rings. The number of ether oxygens (including phenoxy) is 1. The van der Waals surface area contributed by atoms with Crippen molar-refractivity contribution in [3.63, 3.8) is 0 Å². The SMILES string of the molecule is FC(F)(F)c1cc2c(-c3nc(N4CCOCC4)c4cc(CN5CCCCC5)sc4n3)cccc2[nH]1. The summed E-state index contributed by atoms with van der Waals surface area (Å²) in [4.78, 5) is 19.1. The van der Waals surface area contributed by atoms with Gasteiger partial charge in [-0.3, -0.25) is 4.90 Å². The third-order valence-electron chi connectivity index (χ3n) is 6.77. The Balaban J connectivity index is 1.46. The average molecular weight is 502 g/mol. The number of hydrogen-bond acceptors (Lipinski definition) is 6. The molecule has 2 fully saturated rings. The number of aromatic nitrogens is 3. The van der Waals surface area contributed by atoms with Gasteiger partial charge >= 0.3 is 6.18 Å². The number of alkyl halides is 3. The minimum atomic E-state index is -4.45. The summed E-state index contributed by atoms with van der Waals surface area (Å²) in [6.45, 7) is 5.78. The van der Waals surface area contributed by atoms with E-state index in [-0.39, 0.29) is 0 Å². The summed E-state index contributed by atoms with van der Waals surface area (Å²) in [5.41, 5.74) is 0.245. The molecule has 0 saturated carbocycles. The van der Waals surface area contributed by atoms with Crippen molar-refractivity contribution in [2.45, 2.75) is 32.0 Å². The van der Waals surface area contributed by atoms with Crippen LogP contribution < -0.4 is 4.90 Å². The maximum absolute atomic E-state index is 13.4. The Morgan fingerprint density at radius 2 is 1.77 bits per heavy atom. The van der Waals surface area contributed by atoms with E-state index in [0.29, 0.717) is 35.5 Å². The van der Waals surface area contributed by atoms with Crippen LogP contribution in [0.5, 0.6) is 0 Å². The number of morpholine rings is 1. The number of fused-ring (bicyclic) bond motifs is 2. The largest absolute Gasteiger partial charge is 0.431 e. The van der Waals surface area contributed by atoms with Crippen LogP contribution in [0.25, 0.3) is 32.5 Å². The van der Waals surface area contributed by atoms with Crippen molar-refractivity contribution in [1.29, 1.82) is 0 Å². The zero-order chi connectivity index (χ0) is 24.0. The molecule has 6 nitrogen and oxygen atoms in total. The first-order valence-corrected chi connectivity index (χ1v) is 12.8. The zero-order valence-corrected chi connectivity index (χ0v) is 20.0. The van der Waals surface area contributed by atoms with Gasteiger partial charge in [0.2, 0.25) is 0 Å². The number of halogens is 3. The number of H-pyrrole nitrogens is 1. The number of nitrogens with zero attached hydrogens (tertiary/aromatic N) is 4. The number of thiophene rings is 1. The minimum absolute atomic E-state index is 0.420. The van der Waals surface area contributed by atoms with Gasteiger partial charge in [0, 0.05) is 41.0 Å². The summed E-state index contributed by atoms with van der Waals surface area (Å²) in [6, 6.07) is 8.54. The first-order valence-electron chi connectivity index (χ1n) is 12.0. The molecule has 4 aromatic rings. The van der Waals surface area contributed by atoms with Crippen molar-refractivity contribution in [1.82, 2.24) is 19.9 Å². The molecule has 35 heavy (non-hydrogen) atoms. The highest BCUT2D eigenvalue weighted by atomic mass is 32.1. The lowest BCUT2D eigenvalue weighted by atomic mass is 10.1. The molecular weight excluding hydrogens is 475 g/mol. The summed E-state index contributed by atoms with van der Waals surface area (Å²) in [7, 11) is 0. The summed E-state index contributed by atoms with van der Waals surface area (Å²) in [5.74, 6) is 1.28. The molecule has 0 spiro atoms. The van der Waals surface area contributed by atoms with Gasteiger partial charge in [0.05, 0.1) is 18.6 Å². The highest BCUT2D eigenvalue weighted by Crippen LogP contribution is 2.38. The lowest BCUT2D eigenvalue weighted by Gasteiger charge is -2.28. The smallest absolute Gasteiger partial charge is 0.378 e. The van der Waals surface area contributed by atoms with Crippen molar-refractivity contribution >= 4 is 38.3 Å². The van der Waals surface area contributed by atoms with Gasteiger partial charge in [-0.2, -0.15) is 13.2 Å². The Kier molecular flexibility index (Phi) is 5.90. The second-order valence-electron chi connectivity index (χ2n) is 9.19. The van der Waals surface area contributed by atoms with Gasteiger partial charge in [0.15, 0.2) is 5.82 Å². The fraction of sp³-hybridized carbons (Fsp3) is 0.440. The quantitative estimate of drug-likeness (QED) is 0.390. The summed E-state index contributed by atoms with van der Waals surface area (Å²) in [6.07, 6.45) is -0.695. The lowest BCUT2D eigenvalue weighted by molar-refractivity contribution is -0.140. The highest BCUT2D eigenvalue weighted by Gasteiger charge is 2.33. The summed E-state index contributed by atoms with van der Waals surface area (Å²) in [5, 5.41) is 1.47. The molecule has 2 aliphatic heterocycles. The second-order valence-corrected chi connectivity index (χ2v) is 10.3. The van der Waals surface area contributed by atoms with Crippen molar-refractivity contribution < 1.29 is 17.9 Å². The van der Waals surface area contributed by atoms with E-state index < -0.39 is 11.9 Å². The average Bonchev–Trinajstić information content (AvgIpc) is 3.48. The number of aromatic amines is 1. The number of rotatable bonds is 4. The molecule has 0 aliphatic carbocycles. The number of hydrogen-bond donors (Lipinski definition) is 1. The topological polar surface area (TPSA) is 57.3 Å². The van der Waals surface area contributed by atoms with Crippen LogP contribution in [-0.4, -0.2) is 59.2 Å². The molecule has 1 N–H and O–H groups in total. The molecule has 0 bridgehead atoms. The number of benzene rings is 1. The Hall–Kier alpha value is -2.69. The van der Waals surface area contributed by atoms with Crippen LogP contribution in [-0.2, 0) is 17.5 Å². The summed E-state index contributed by atoms with van der Waals surface area (Å²) >= 11 is 1.65. The van der Waals surface area contributed by atoms with E-state index in [0.717, 1.165) is 54.8 Å². The van der Waals surface area contributed by atoms with Crippen LogP contribution in [0.15, 0.2) is 30.3 Å². The second kappa shape index (κ2) is 9.07.